The Hall–Kier alpha value is -1.59. The number of rotatable bonds is 4. The van der Waals surface area contributed by atoms with Gasteiger partial charge in [0, 0.05) is 30.0 Å². The molecule has 3 rings (SSSR count). The molecular weight excluding hydrogens is 320 g/mol. The standard InChI is InChI=1S/C15H15BrN2O2/c16-12-5-11(6-17-8-12)7-18-9-13-10-19-14-3-1-2-4-15(14)20-13/h1-6,8,13,18H,7,9-10H2. The first-order chi connectivity index (χ1) is 9.81. The van der Waals surface area contributed by atoms with Gasteiger partial charge >= 0.3 is 0 Å². The van der Waals surface area contributed by atoms with Crippen molar-refractivity contribution in [2.45, 2.75) is 12.6 Å². The molecule has 0 aliphatic carbocycles. The molecule has 1 atom stereocenters. The monoisotopic (exact) mass is 334 g/mol. The highest BCUT2D eigenvalue weighted by Gasteiger charge is 2.19. The predicted octanol–water partition coefficient (Wildman–Crippen LogP) is 2.77. The molecule has 0 saturated carbocycles. The molecule has 2 aromatic rings. The first-order valence-corrected chi connectivity index (χ1v) is 7.29. The van der Waals surface area contributed by atoms with Crippen molar-refractivity contribution in [2.75, 3.05) is 13.2 Å². The van der Waals surface area contributed by atoms with Crippen LogP contribution in [0.15, 0.2) is 47.2 Å². The second kappa shape index (κ2) is 6.24. The van der Waals surface area contributed by atoms with Gasteiger partial charge in [0.25, 0.3) is 0 Å². The summed E-state index contributed by atoms with van der Waals surface area (Å²) >= 11 is 3.41. The van der Waals surface area contributed by atoms with Crippen LogP contribution in [-0.4, -0.2) is 24.2 Å². The van der Waals surface area contributed by atoms with E-state index in [2.05, 4.69) is 26.2 Å². The minimum atomic E-state index is 0.0324. The topological polar surface area (TPSA) is 43.4 Å². The molecule has 5 heteroatoms. The maximum absolute atomic E-state index is 5.88. The van der Waals surface area contributed by atoms with Crippen LogP contribution in [0.2, 0.25) is 0 Å². The lowest BCUT2D eigenvalue weighted by Gasteiger charge is -2.26. The van der Waals surface area contributed by atoms with E-state index in [4.69, 9.17) is 9.47 Å². The minimum Gasteiger partial charge on any atom is -0.486 e. The number of halogens is 1. The van der Waals surface area contributed by atoms with Crippen molar-refractivity contribution < 1.29 is 9.47 Å². The summed E-state index contributed by atoms with van der Waals surface area (Å²) in [7, 11) is 0. The average molecular weight is 335 g/mol. The number of nitrogens with zero attached hydrogens (tertiary/aromatic N) is 1. The molecule has 1 aliphatic rings. The fourth-order valence-corrected chi connectivity index (χ4v) is 2.51. The fraction of sp³-hybridized carbons (Fsp3) is 0.267. The van der Waals surface area contributed by atoms with E-state index < -0.39 is 0 Å². The first kappa shape index (κ1) is 13.4. The lowest BCUT2D eigenvalue weighted by molar-refractivity contribution is 0.0902. The molecule has 4 nitrogen and oxygen atoms in total. The highest BCUT2D eigenvalue weighted by molar-refractivity contribution is 9.10. The van der Waals surface area contributed by atoms with Crippen molar-refractivity contribution in [1.82, 2.24) is 10.3 Å². The van der Waals surface area contributed by atoms with Gasteiger partial charge in [-0.25, -0.2) is 0 Å². The van der Waals surface area contributed by atoms with Crippen molar-refractivity contribution in [3.8, 4) is 11.5 Å². The summed E-state index contributed by atoms with van der Waals surface area (Å²) < 4.78 is 12.5. The summed E-state index contributed by atoms with van der Waals surface area (Å²) in [4.78, 5) is 4.14. The zero-order valence-corrected chi connectivity index (χ0v) is 12.5. The van der Waals surface area contributed by atoms with E-state index in [1.165, 1.54) is 0 Å². The van der Waals surface area contributed by atoms with E-state index in [0.717, 1.165) is 34.6 Å². The van der Waals surface area contributed by atoms with Gasteiger partial charge < -0.3 is 14.8 Å². The van der Waals surface area contributed by atoms with Gasteiger partial charge in [-0.05, 0) is 39.7 Å². The van der Waals surface area contributed by atoms with Crippen LogP contribution in [0.1, 0.15) is 5.56 Å². The summed E-state index contributed by atoms with van der Waals surface area (Å²) in [6.45, 7) is 2.07. The smallest absolute Gasteiger partial charge is 0.161 e. The Morgan fingerprint density at radius 2 is 2.10 bits per heavy atom. The molecule has 1 unspecified atom stereocenters. The van der Waals surface area contributed by atoms with Gasteiger partial charge in [0.05, 0.1) is 0 Å². The van der Waals surface area contributed by atoms with Crippen LogP contribution in [0.25, 0.3) is 0 Å². The number of hydrogen-bond acceptors (Lipinski definition) is 4. The van der Waals surface area contributed by atoms with E-state index in [-0.39, 0.29) is 6.10 Å². The Kier molecular flexibility index (Phi) is 4.18. The maximum Gasteiger partial charge on any atom is 0.161 e. The van der Waals surface area contributed by atoms with Crippen molar-refractivity contribution in [3.63, 3.8) is 0 Å². The molecule has 0 saturated heterocycles. The van der Waals surface area contributed by atoms with E-state index in [1.807, 2.05) is 36.5 Å². The molecule has 0 fully saturated rings. The molecular formula is C15H15BrN2O2. The summed E-state index contributed by atoms with van der Waals surface area (Å²) in [5.74, 6) is 1.63. The van der Waals surface area contributed by atoms with Crippen LogP contribution in [0.3, 0.4) is 0 Å². The van der Waals surface area contributed by atoms with Gasteiger partial charge in [0.2, 0.25) is 0 Å². The molecule has 1 aliphatic heterocycles. The molecule has 20 heavy (non-hydrogen) atoms. The molecule has 2 heterocycles. The van der Waals surface area contributed by atoms with Crippen molar-refractivity contribution in [2.24, 2.45) is 0 Å². The third-order valence-corrected chi connectivity index (χ3v) is 3.46. The predicted molar refractivity (Wildman–Crippen MR) is 80.0 cm³/mol. The lowest BCUT2D eigenvalue weighted by Crippen LogP contribution is -2.38. The van der Waals surface area contributed by atoms with E-state index in [9.17, 15) is 0 Å². The summed E-state index contributed by atoms with van der Waals surface area (Å²) in [6, 6.07) is 9.80. The fourth-order valence-electron chi connectivity index (χ4n) is 2.09. The van der Waals surface area contributed by atoms with Crippen LogP contribution in [0, 0.1) is 0 Å². The highest BCUT2D eigenvalue weighted by Crippen LogP contribution is 2.30. The van der Waals surface area contributed by atoms with Crippen molar-refractivity contribution in [1.29, 1.82) is 0 Å². The number of ether oxygens (including phenoxy) is 2. The van der Waals surface area contributed by atoms with Crippen molar-refractivity contribution >= 4 is 15.9 Å². The molecule has 1 aromatic heterocycles. The number of pyridine rings is 1. The molecule has 0 spiro atoms. The molecule has 0 amide bonds. The first-order valence-electron chi connectivity index (χ1n) is 6.50. The van der Waals surface area contributed by atoms with Crippen LogP contribution in [-0.2, 0) is 6.54 Å². The Morgan fingerprint density at radius 1 is 1.25 bits per heavy atom. The quantitative estimate of drug-likeness (QED) is 0.933. The van der Waals surface area contributed by atoms with Crippen LogP contribution >= 0.6 is 15.9 Å². The summed E-state index contributed by atoms with van der Waals surface area (Å²) in [5.41, 5.74) is 1.14. The number of nitrogens with one attached hydrogen (secondary N) is 1. The van der Waals surface area contributed by atoms with Gasteiger partial charge in [-0.1, -0.05) is 12.1 Å². The number of aromatic nitrogens is 1. The Labute approximate surface area is 126 Å². The van der Waals surface area contributed by atoms with Crippen molar-refractivity contribution in [3.05, 3.63) is 52.8 Å². The Balaban J connectivity index is 1.51. The molecule has 1 N–H and O–H groups in total. The van der Waals surface area contributed by atoms with Gasteiger partial charge in [-0.2, -0.15) is 0 Å². The highest BCUT2D eigenvalue weighted by atomic mass is 79.9. The normalized spacial score (nSPS) is 16.9. The largest absolute Gasteiger partial charge is 0.486 e. The molecule has 1 aromatic carbocycles. The van der Waals surface area contributed by atoms with Crippen LogP contribution in [0.4, 0.5) is 0 Å². The third-order valence-electron chi connectivity index (χ3n) is 3.03. The lowest BCUT2D eigenvalue weighted by atomic mass is 10.2. The minimum absolute atomic E-state index is 0.0324. The molecule has 104 valence electrons. The Bertz CT molecular complexity index is 592. The average Bonchev–Trinajstić information content (AvgIpc) is 2.47. The zero-order chi connectivity index (χ0) is 13.8. The molecule has 0 bridgehead atoms. The summed E-state index contributed by atoms with van der Waals surface area (Å²) in [5, 5.41) is 3.36. The zero-order valence-electron chi connectivity index (χ0n) is 10.9. The SMILES string of the molecule is Brc1cncc(CNCC2COc3ccccc3O2)c1. The number of fused-ring (bicyclic) bond motifs is 1. The van der Waals surface area contributed by atoms with Crippen LogP contribution in [0.5, 0.6) is 11.5 Å². The number of benzene rings is 1. The van der Waals surface area contributed by atoms with E-state index in [1.54, 1.807) is 6.20 Å². The molecule has 0 radical (unpaired) electrons. The third kappa shape index (κ3) is 3.29. The number of hydrogen-bond donors (Lipinski definition) is 1. The van der Waals surface area contributed by atoms with Crippen LogP contribution < -0.4 is 14.8 Å². The Morgan fingerprint density at radius 3 is 2.95 bits per heavy atom. The second-order valence-corrected chi connectivity index (χ2v) is 5.56. The summed E-state index contributed by atoms with van der Waals surface area (Å²) in [6.07, 6.45) is 3.66. The number of para-hydroxylation sites is 2. The van der Waals surface area contributed by atoms with Gasteiger partial charge in [0.15, 0.2) is 11.5 Å². The maximum atomic E-state index is 5.88. The second-order valence-electron chi connectivity index (χ2n) is 4.64. The van der Waals surface area contributed by atoms with E-state index >= 15 is 0 Å². The van der Waals surface area contributed by atoms with Gasteiger partial charge in [-0.3, -0.25) is 4.98 Å². The van der Waals surface area contributed by atoms with Gasteiger partial charge in [-0.15, -0.1) is 0 Å². The van der Waals surface area contributed by atoms with E-state index in [0.29, 0.717) is 6.61 Å². The van der Waals surface area contributed by atoms with Gasteiger partial charge in [0.1, 0.15) is 12.7 Å².